The topological polar surface area (TPSA) is 12.0 Å². The van der Waals surface area contributed by atoms with E-state index in [9.17, 15) is 8.78 Å². The smallest absolute Gasteiger partial charge is 0.133 e. The molecule has 0 aromatic heterocycles. The lowest BCUT2D eigenvalue weighted by Gasteiger charge is -2.28. The van der Waals surface area contributed by atoms with Crippen molar-refractivity contribution in [1.82, 2.24) is 5.32 Å². The quantitative estimate of drug-likeness (QED) is 0.806. The summed E-state index contributed by atoms with van der Waals surface area (Å²) in [6.07, 6.45) is 4.11. The van der Waals surface area contributed by atoms with Crippen LogP contribution in [0.4, 0.5) is 8.78 Å². The number of benzene rings is 1. The molecule has 1 aromatic rings. The fraction of sp³-hybridized carbons (Fsp3) is 0.647. The zero-order valence-corrected chi connectivity index (χ0v) is 13.7. The lowest BCUT2D eigenvalue weighted by atomic mass is 9.89. The minimum Gasteiger partial charge on any atom is -0.310 e. The third-order valence-electron chi connectivity index (χ3n) is 4.22. The van der Waals surface area contributed by atoms with Crippen LogP contribution in [0.15, 0.2) is 12.1 Å². The van der Waals surface area contributed by atoms with Crippen molar-refractivity contribution >= 4 is 11.8 Å². The molecule has 1 saturated heterocycles. The Hall–Kier alpha value is -0.610. The number of rotatable bonds is 6. The first-order valence-electron chi connectivity index (χ1n) is 7.89. The maximum atomic E-state index is 14.4. The van der Waals surface area contributed by atoms with Gasteiger partial charge in [-0.05, 0) is 68.2 Å². The molecule has 1 unspecified atom stereocenters. The molecule has 0 bridgehead atoms. The van der Waals surface area contributed by atoms with Crippen LogP contribution in [-0.2, 0) is 0 Å². The van der Waals surface area contributed by atoms with Crippen LogP contribution in [0.2, 0.25) is 0 Å². The first-order chi connectivity index (χ1) is 10.1. The number of aryl methyl sites for hydroxylation is 1. The average Bonchev–Trinajstić information content (AvgIpc) is 2.50. The Morgan fingerprint density at radius 3 is 2.67 bits per heavy atom. The first kappa shape index (κ1) is 16.8. The van der Waals surface area contributed by atoms with Crippen LogP contribution in [-0.4, -0.2) is 18.1 Å². The standard InChI is InChI=1S/C17H25F2NS/c1-3-8-20-15(11-13-6-9-21-10-7-13)16-14(18)5-4-12(2)17(16)19/h4-5,13,15,20H,3,6-11H2,1-2H3. The molecule has 1 aliphatic heterocycles. The Morgan fingerprint density at radius 2 is 2.00 bits per heavy atom. The molecule has 0 aliphatic carbocycles. The van der Waals surface area contributed by atoms with Gasteiger partial charge >= 0.3 is 0 Å². The molecule has 1 fully saturated rings. The van der Waals surface area contributed by atoms with E-state index in [-0.39, 0.29) is 17.4 Å². The molecular weight excluding hydrogens is 288 g/mol. The van der Waals surface area contributed by atoms with E-state index in [1.165, 1.54) is 23.6 Å². The van der Waals surface area contributed by atoms with Crippen LogP contribution in [0.5, 0.6) is 0 Å². The predicted molar refractivity (Wildman–Crippen MR) is 86.8 cm³/mol. The van der Waals surface area contributed by atoms with E-state index in [1.807, 2.05) is 11.8 Å². The van der Waals surface area contributed by atoms with Crippen molar-refractivity contribution in [2.75, 3.05) is 18.1 Å². The van der Waals surface area contributed by atoms with Crippen LogP contribution in [0.1, 0.15) is 49.8 Å². The summed E-state index contributed by atoms with van der Waals surface area (Å²) in [4.78, 5) is 0. The molecule has 4 heteroatoms. The maximum absolute atomic E-state index is 14.4. The van der Waals surface area contributed by atoms with Gasteiger partial charge in [-0.15, -0.1) is 0 Å². The van der Waals surface area contributed by atoms with E-state index in [2.05, 4.69) is 12.2 Å². The molecule has 1 aliphatic rings. The molecule has 0 radical (unpaired) electrons. The zero-order chi connectivity index (χ0) is 15.2. The van der Waals surface area contributed by atoms with E-state index in [1.54, 1.807) is 6.92 Å². The summed E-state index contributed by atoms with van der Waals surface area (Å²) in [5, 5.41) is 3.36. The number of nitrogens with one attached hydrogen (secondary N) is 1. The van der Waals surface area contributed by atoms with Crippen molar-refractivity contribution in [1.29, 1.82) is 0 Å². The van der Waals surface area contributed by atoms with Crippen molar-refractivity contribution in [3.8, 4) is 0 Å². The van der Waals surface area contributed by atoms with Crippen molar-refractivity contribution in [3.05, 3.63) is 34.9 Å². The fourth-order valence-electron chi connectivity index (χ4n) is 2.94. The summed E-state index contributed by atoms with van der Waals surface area (Å²) in [5.74, 6) is 2.11. The van der Waals surface area contributed by atoms with Gasteiger partial charge in [0.2, 0.25) is 0 Å². The highest BCUT2D eigenvalue weighted by Gasteiger charge is 2.25. The summed E-state index contributed by atoms with van der Waals surface area (Å²) in [6, 6.07) is 2.70. The van der Waals surface area contributed by atoms with E-state index in [4.69, 9.17) is 0 Å². The molecule has 1 heterocycles. The van der Waals surface area contributed by atoms with E-state index >= 15 is 0 Å². The van der Waals surface area contributed by atoms with Crippen molar-refractivity contribution in [2.24, 2.45) is 5.92 Å². The first-order valence-corrected chi connectivity index (χ1v) is 9.04. The molecule has 1 atom stereocenters. The van der Waals surface area contributed by atoms with E-state index in [0.717, 1.165) is 32.2 Å². The average molecular weight is 313 g/mol. The van der Waals surface area contributed by atoms with Crippen LogP contribution in [0.25, 0.3) is 0 Å². The summed E-state index contributed by atoms with van der Waals surface area (Å²) in [5.41, 5.74) is 0.760. The van der Waals surface area contributed by atoms with Crippen LogP contribution in [0, 0.1) is 24.5 Å². The summed E-state index contributed by atoms with van der Waals surface area (Å²) in [7, 11) is 0. The molecule has 0 spiro atoms. The van der Waals surface area contributed by atoms with Gasteiger partial charge in [0.15, 0.2) is 0 Å². The molecule has 0 saturated carbocycles. The van der Waals surface area contributed by atoms with Gasteiger partial charge in [-0.2, -0.15) is 11.8 Å². The largest absolute Gasteiger partial charge is 0.310 e. The van der Waals surface area contributed by atoms with Gasteiger partial charge in [0.25, 0.3) is 0 Å². The van der Waals surface area contributed by atoms with Gasteiger partial charge in [-0.25, -0.2) is 8.78 Å². The van der Waals surface area contributed by atoms with Crippen molar-refractivity contribution in [2.45, 2.75) is 45.6 Å². The lowest BCUT2D eigenvalue weighted by molar-refractivity contribution is 0.353. The normalized spacial score (nSPS) is 17.9. The van der Waals surface area contributed by atoms with Crippen molar-refractivity contribution in [3.63, 3.8) is 0 Å². The fourth-order valence-corrected chi connectivity index (χ4v) is 4.14. The van der Waals surface area contributed by atoms with Crippen molar-refractivity contribution < 1.29 is 8.78 Å². The molecule has 2 rings (SSSR count). The van der Waals surface area contributed by atoms with Crippen LogP contribution >= 0.6 is 11.8 Å². The van der Waals surface area contributed by atoms with Gasteiger partial charge in [-0.1, -0.05) is 13.0 Å². The second kappa shape index (κ2) is 8.14. The second-order valence-electron chi connectivity index (χ2n) is 5.89. The van der Waals surface area contributed by atoms with Gasteiger partial charge in [-0.3, -0.25) is 0 Å². The van der Waals surface area contributed by atoms with Gasteiger partial charge in [0.05, 0.1) is 0 Å². The summed E-state index contributed by atoms with van der Waals surface area (Å²) < 4.78 is 28.6. The Balaban J connectivity index is 2.20. The Bertz CT molecular complexity index is 458. The zero-order valence-electron chi connectivity index (χ0n) is 12.9. The molecule has 21 heavy (non-hydrogen) atoms. The molecule has 1 aromatic carbocycles. The van der Waals surface area contributed by atoms with Crippen LogP contribution < -0.4 is 5.32 Å². The summed E-state index contributed by atoms with van der Waals surface area (Å²) in [6.45, 7) is 4.57. The SMILES string of the molecule is CCCNC(CC1CCSCC1)c1c(F)ccc(C)c1F. The number of hydrogen-bond donors (Lipinski definition) is 1. The van der Waals surface area contributed by atoms with E-state index in [0.29, 0.717) is 11.5 Å². The Morgan fingerprint density at radius 1 is 1.29 bits per heavy atom. The number of hydrogen-bond acceptors (Lipinski definition) is 2. The molecule has 1 N–H and O–H groups in total. The number of halogens is 2. The molecule has 0 amide bonds. The van der Waals surface area contributed by atoms with Crippen LogP contribution in [0.3, 0.4) is 0 Å². The highest BCUT2D eigenvalue weighted by molar-refractivity contribution is 7.99. The monoisotopic (exact) mass is 313 g/mol. The van der Waals surface area contributed by atoms with E-state index < -0.39 is 5.82 Å². The Labute approximate surface area is 130 Å². The third-order valence-corrected chi connectivity index (χ3v) is 5.27. The lowest BCUT2D eigenvalue weighted by Crippen LogP contribution is -2.27. The summed E-state index contributed by atoms with van der Waals surface area (Å²) >= 11 is 1.98. The maximum Gasteiger partial charge on any atom is 0.133 e. The molecular formula is C17H25F2NS. The minimum atomic E-state index is -0.420. The van der Waals surface area contributed by atoms with Gasteiger partial charge in [0, 0.05) is 11.6 Å². The second-order valence-corrected chi connectivity index (χ2v) is 7.11. The van der Waals surface area contributed by atoms with Gasteiger partial charge in [0.1, 0.15) is 11.6 Å². The highest BCUT2D eigenvalue weighted by Crippen LogP contribution is 2.33. The predicted octanol–water partition coefficient (Wildman–Crippen LogP) is 4.85. The Kier molecular flexibility index (Phi) is 6.49. The van der Waals surface area contributed by atoms with Gasteiger partial charge < -0.3 is 5.32 Å². The molecule has 1 nitrogen and oxygen atoms in total. The number of thioether (sulfide) groups is 1. The molecule has 118 valence electrons. The minimum absolute atomic E-state index is 0.210. The highest BCUT2D eigenvalue weighted by atomic mass is 32.2. The third kappa shape index (κ3) is 4.43.